The number of aliphatic hydroxyl groups excluding tert-OH is 1. The predicted molar refractivity (Wildman–Crippen MR) is 127 cm³/mol. The molecule has 1 fully saturated rings. The molecule has 3 aromatic carbocycles. The maximum Gasteiger partial charge on any atom is 0.274 e. The Balaban J connectivity index is 1.56. The van der Waals surface area contributed by atoms with Crippen molar-refractivity contribution in [3.05, 3.63) is 89.0 Å². The fraction of sp³-hybridized carbons (Fsp3) is 0.296. The van der Waals surface area contributed by atoms with Gasteiger partial charge in [0, 0.05) is 24.6 Å². The minimum absolute atomic E-state index is 0.395. The van der Waals surface area contributed by atoms with Crippen LogP contribution in [0.1, 0.15) is 59.7 Å². The molecule has 1 unspecified atom stereocenters. The van der Waals surface area contributed by atoms with Crippen molar-refractivity contribution < 1.29 is 15.1 Å². The average molecular weight is 431 g/mol. The van der Waals surface area contributed by atoms with E-state index in [-0.39, 0.29) is 0 Å². The molecule has 0 radical (unpaired) electrons. The first-order valence-electron chi connectivity index (χ1n) is 11.3. The zero-order chi connectivity index (χ0) is 22.3. The number of aliphatic hydroxyl groups is 1. The smallest absolute Gasteiger partial charge is 0.274 e. The highest BCUT2D eigenvalue weighted by Gasteiger charge is 2.17. The Morgan fingerprint density at radius 3 is 2.47 bits per heavy atom. The van der Waals surface area contributed by atoms with Crippen molar-refractivity contribution >= 4 is 22.8 Å². The molecule has 32 heavy (non-hydrogen) atoms. The third kappa shape index (κ3) is 5.43. The molecule has 4 rings (SSSR count). The highest BCUT2D eigenvalue weighted by Crippen LogP contribution is 2.29. The molecule has 4 N–H and O–H groups in total. The molecule has 1 aliphatic carbocycles. The lowest BCUT2D eigenvalue weighted by Gasteiger charge is -2.19. The zero-order valence-electron chi connectivity index (χ0n) is 18.1. The van der Waals surface area contributed by atoms with Crippen LogP contribution in [0.5, 0.6) is 0 Å². The fourth-order valence-corrected chi connectivity index (χ4v) is 4.52. The summed E-state index contributed by atoms with van der Waals surface area (Å²) in [6.45, 7) is 0.714. The highest BCUT2D eigenvalue weighted by molar-refractivity contribution is 5.93. The van der Waals surface area contributed by atoms with Crippen molar-refractivity contribution in [3.8, 4) is 0 Å². The van der Waals surface area contributed by atoms with Crippen LogP contribution in [0, 0.1) is 0 Å². The maximum absolute atomic E-state index is 11.6. The van der Waals surface area contributed by atoms with E-state index in [0.717, 1.165) is 27.5 Å². The number of hydrogen-bond donors (Lipinski definition) is 4. The Bertz CT molecular complexity index is 1080. The first-order chi connectivity index (χ1) is 15.6. The number of amides is 1. The zero-order valence-corrected chi connectivity index (χ0v) is 18.1. The second-order valence-corrected chi connectivity index (χ2v) is 8.52. The van der Waals surface area contributed by atoms with Gasteiger partial charge in [0.15, 0.2) is 0 Å². The Labute approximate surface area is 188 Å². The van der Waals surface area contributed by atoms with E-state index in [9.17, 15) is 9.90 Å². The number of carbonyl (C=O) groups is 1. The van der Waals surface area contributed by atoms with Crippen molar-refractivity contribution in [2.24, 2.45) is 0 Å². The van der Waals surface area contributed by atoms with E-state index < -0.39 is 12.0 Å². The lowest BCUT2D eigenvalue weighted by Crippen LogP contribution is -2.28. The monoisotopic (exact) mass is 430 g/mol. The fourth-order valence-electron chi connectivity index (χ4n) is 4.52. The molecule has 1 amide bonds. The number of benzene rings is 3. The number of fused-ring (bicyclic) bond motifs is 1. The lowest BCUT2D eigenvalue weighted by molar-refractivity contribution is 0.0706. The van der Waals surface area contributed by atoms with E-state index in [1.165, 1.54) is 25.7 Å². The van der Waals surface area contributed by atoms with Gasteiger partial charge < -0.3 is 10.4 Å². The Kier molecular flexibility index (Phi) is 7.32. The Morgan fingerprint density at radius 1 is 1.00 bits per heavy atom. The van der Waals surface area contributed by atoms with Crippen LogP contribution in [0.3, 0.4) is 0 Å². The summed E-state index contributed by atoms with van der Waals surface area (Å²) in [7, 11) is 0. The summed E-state index contributed by atoms with van der Waals surface area (Å²) in [4.78, 5) is 11.6. The predicted octanol–water partition coefficient (Wildman–Crippen LogP) is 5.00. The van der Waals surface area contributed by atoms with Crippen LogP contribution in [0.4, 0.5) is 0 Å². The van der Waals surface area contributed by atoms with Crippen molar-refractivity contribution in [2.75, 3.05) is 6.54 Å². The molecule has 166 valence electrons. The van der Waals surface area contributed by atoms with Crippen LogP contribution in [0.15, 0.2) is 72.3 Å². The summed E-state index contributed by atoms with van der Waals surface area (Å²) in [5, 5.41) is 25.8. The molecule has 1 saturated carbocycles. The molecule has 3 aromatic rings. The maximum atomic E-state index is 11.6. The topological polar surface area (TPSA) is 81.6 Å². The molecular formula is C27H30N2O3. The molecule has 1 aliphatic rings. The summed E-state index contributed by atoms with van der Waals surface area (Å²) in [6, 6.07) is 21.8. The molecule has 0 spiro atoms. The molecule has 0 heterocycles. The van der Waals surface area contributed by atoms with E-state index in [4.69, 9.17) is 5.21 Å². The molecule has 0 aromatic heterocycles. The second-order valence-electron chi connectivity index (χ2n) is 8.52. The molecule has 1 atom stereocenters. The van der Waals surface area contributed by atoms with E-state index >= 15 is 0 Å². The van der Waals surface area contributed by atoms with Crippen LogP contribution in [-0.2, 0) is 0 Å². The third-order valence-electron chi connectivity index (χ3n) is 6.26. The second kappa shape index (κ2) is 10.6. The van der Waals surface area contributed by atoms with E-state index in [1.807, 2.05) is 36.4 Å². The minimum atomic E-state index is -0.614. The third-order valence-corrected chi connectivity index (χ3v) is 6.26. The van der Waals surface area contributed by atoms with Crippen LogP contribution in [-0.4, -0.2) is 28.8 Å². The van der Waals surface area contributed by atoms with Gasteiger partial charge in [-0.25, -0.2) is 5.48 Å². The number of hydroxylamine groups is 1. The summed E-state index contributed by atoms with van der Waals surface area (Å²) >= 11 is 0. The summed E-state index contributed by atoms with van der Waals surface area (Å²) < 4.78 is 0. The molecule has 0 bridgehead atoms. The number of rotatable bonds is 8. The van der Waals surface area contributed by atoms with Crippen molar-refractivity contribution in [1.82, 2.24) is 10.8 Å². The van der Waals surface area contributed by atoms with Crippen molar-refractivity contribution in [2.45, 2.75) is 44.2 Å². The largest absolute Gasteiger partial charge is 0.388 e. The quantitative estimate of drug-likeness (QED) is 0.299. The lowest BCUT2D eigenvalue weighted by atomic mass is 9.95. The normalized spacial score (nSPS) is 15.8. The molecule has 0 saturated heterocycles. The molecule has 5 heteroatoms. The number of carbonyl (C=O) groups excluding carboxylic acids is 1. The van der Waals surface area contributed by atoms with Crippen molar-refractivity contribution in [3.63, 3.8) is 0 Å². The molecular weight excluding hydrogens is 400 g/mol. The van der Waals surface area contributed by atoms with Gasteiger partial charge >= 0.3 is 0 Å². The first kappa shape index (κ1) is 22.2. The summed E-state index contributed by atoms with van der Waals surface area (Å²) in [6.07, 6.45) is 6.92. The van der Waals surface area contributed by atoms with Gasteiger partial charge in [0.05, 0.1) is 6.10 Å². The molecule has 0 aliphatic heterocycles. The van der Waals surface area contributed by atoms with Crippen LogP contribution in [0.25, 0.3) is 16.8 Å². The standard InChI is InChI=1S/C27H30N2O3/c30-26(25-11-5-7-21-6-1-4-10-24(21)25)17-20(18-28-23-8-2-3-9-23)16-19-12-14-22(15-13-19)27(31)29-32/h1,4-7,10-16,23,26,28,30,32H,2-3,8-9,17-18H2,(H,29,31). The average Bonchev–Trinajstić information content (AvgIpc) is 3.36. The SMILES string of the molecule is O=C(NO)c1ccc(C=C(CNC2CCCC2)CC(O)c2cccc3ccccc23)cc1. The van der Waals surface area contributed by atoms with Gasteiger partial charge in [-0.05, 0) is 46.9 Å². The van der Waals surface area contributed by atoms with E-state index in [0.29, 0.717) is 24.6 Å². The number of nitrogens with one attached hydrogen (secondary N) is 2. The first-order valence-corrected chi connectivity index (χ1v) is 11.3. The van der Waals surface area contributed by atoms with Crippen LogP contribution < -0.4 is 10.8 Å². The summed E-state index contributed by atoms with van der Waals surface area (Å²) in [5.41, 5.74) is 5.04. The minimum Gasteiger partial charge on any atom is -0.388 e. The van der Waals surface area contributed by atoms with Gasteiger partial charge in [0.1, 0.15) is 0 Å². The Morgan fingerprint density at radius 2 is 1.72 bits per heavy atom. The van der Waals surface area contributed by atoms with Gasteiger partial charge in [-0.15, -0.1) is 0 Å². The Hall–Kier alpha value is -2.99. The van der Waals surface area contributed by atoms with E-state index in [2.05, 4.69) is 29.6 Å². The van der Waals surface area contributed by atoms with E-state index in [1.54, 1.807) is 17.6 Å². The molecule has 5 nitrogen and oxygen atoms in total. The summed E-state index contributed by atoms with van der Waals surface area (Å²) in [5.74, 6) is -0.532. The van der Waals surface area contributed by atoms with Gasteiger partial charge in [-0.1, -0.05) is 79.1 Å². The van der Waals surface area contributed by atoms with Gasteiger partial charge in [-0.2, -0.15) is 0 Å². The van der Waals surface area contributed by atoms with Crippen LogP contribution >= 0.6 is 0 Å². The van der Waals surface area contributed by atoms with Gasteiger partial charge in [0.2, 0.25) is 0 Å². The van der Waals surface area contributed by atoms with Gasteiger partial charge in [0.25, 0.3) is 5.91 Å². The van der Waals surface area contributed by atoms with Crippen molar-refractivity contribution in [1.29, 1.82) is 0 Å². The van der Waals surface area contributed by atoms with Gasteiger partial charge in [-0.3, -0.25) is 10.0 Å². The van der Waals surface area contributed by atoms with Crippen LogP contribution in [0.2, 0.25) is 0 Å². The number of hydrogen-bond acceptors (Lipinski definition) is 4. The highest BCUT2D eigenvalue weighted by atomic mass is 16.5.